The summed E-state index contributed by atoms with van der Waals surface area (Å²) in [4.78, 5) is 15.2. The highest BCUT2D eigenvalue weighted by Crippen LogP contribution is 2.19. The van der Waals surface area contributed by atoms with E-state index in [2.05, 4.69) is 15.0 Å². The minimum absolute atomic E-state index is 0.174. The lowest BCUT2D eigenvalue weighted by Gasteiger charge is -2.09. The van der Waals surface area contributed by atoms with Crippen LogP contribution >= 0.6 is 0 Å². The summed E-state index contributed by atoms with van der Waals surface area (Å²) in [6, 6.07) is 0.133. The molecule has 1 aromatic rings. The number of hydrogen-bond donors (Lipinski definition) is 1. The molecule has 1 aromatic heterocycles. The summed E-state index contributed by atoms with van der Waals surface area (Å²) in [5, 5.41) is 3.12. The van der Waals surface area contributed by atoms with Gasteiger partial charge in [0.1, 0.15) is 6.04 Å². The van der Waals surface area contributed by atoms with Crippen LogP contribution in [0.2, 0.25) is 0 Å². The van der Waals surface area contributed by atoms with Crippen LogP contribution < -0.4 is 5.32 Å². The van der Waals surface area contributed by atoms with Gasteiger partial charge in [-0.05, 0) is 6.42 Å². The van der Waals surface area contributed by atoms with Crippen molar-refractivity contribution in [3.63, 3.8) is 0 Å². The van der Waals surface area contributed by atoms with Crippen LogP contribution in [-0.2, 0) is 9.53 Å². The average molecular weight is 195 g/mol. The van der Waals surface area contributed by atoms with Crippen molar-refractivity contribution in [3.05, 3.63) is 18.7 Å². The van der Waals surface area contributed by atoms with Gasteiger partial charge in [-0.2, -0.15) is 0 Å². The van der Waals surface area contributed by atoms with Gasteiger partial charge >= 0.3 is 5.97 Å². The van der Waals surface area contributed by atoms with Crippen LogP contribution in [0.3, 0.4) is 0 Å². The minimum Gasteiger partial charge on any atom is -0.468 e. The fourth-order valence-electron chi connectivity index (χ4n) is 1.75. The minimum atomic E-state index is -0.187. The predicted molar refractivity (Wildman–Crippen MR) is 49.7 cm³/mol. The molecule has 5 nitrogen and oxygen atoms in total. The van der Waals surface area contributed by atoms with Gasteiger partial charge in [-0.1, -0.05) is 0 Å². The van der Waals surface area contributed by atoms with Crippen molar-refractivity contribution < 1.29 is 9.53 Å². The Morgan fingerprint density at radius 3 is 3.21 bits per heavy atom. The second-order valence-electron chi connectivity index (χ2n) is 3.38. The molecule has 2 atom stereocenters. The first-order chi connectivity index (χ1) is 6.81. The van der Waals surface area contributed by atoms with Crippen molar-refractivity contribution >= 4 is 5.97 Å². The monoisotopic (exact) mass is 195 g/mol. The van der Waals surface area contributed by atoms with Crippen LogP contribution in [0.5, 0.6) is 0 Å². The molecule has 0 unspecified atom stereocenters. The number of nitrogens with one attached hydrogen (secondary N) is 1. The van der Waals surface area contributed by atoms with Crippen LogP contribution in [0.15, 0.2) is 18.7 Å². The van der Waals surface area contributed by atoms with Gasteiger partial charge in [0, 0.05) is 25.0 Å². The lowest BCUT2D eigenvalue weighted by atomic mass is 10.2. The Labute approximate surface area is 82.1 Å². The van der Waals surface area contributed by atoms with E-state index in [9.17, 15) is 4.79 Å². The number of carbonyl (C=O) groups is 1. The normalized spacial score (nSPS) is 26.4. The number of ether oxygens (including phenoxy) is 1. The Morgan fingerprint density at radius 1 is 1.71 bits per heavy atom. The standard InChI is InChI=1S/C9H13N3O2/c1-14-9(13)8-4-7(5-11-8)12-3-2-10-6-12/h2-3,6-8,11H,4-5H2,1H3/t7-,8-/m0/s1. The summed E-state index contributed by atoms with van der Waals surface area (Å²) in [7, 11) is 1.41. The molecular weight excluding hydrogens is 182 g/mol. The Kier molecular flexibility index (Phi) is 2.49. The number of nitrogens with zero attached hydrogens (tertiary/aromatic N) is 2. The lowest BCUT2D eigenvalue weighted by Crippen LogP contribution is -2.31. The SMILES string of the molecule is COC(=O)[C@@H]1C[C@H](n2ccnc2)CN1. The second-order valence-corrected chi connectivity index (χ2v) is 3.38. The van der Waals surface area contributed by atoms with Crippen molar-refractivity contribution in [2.24, 2.45) is 0 Å². The fourth-order valence-corrected chi connectivity index (χ4v) is 1.75. The van der Waals surface area contributed by atoms with Crippen molar-refractivity contribution in [1.82, 2.24) is 14.9 Å². The predicted octanol–water partition coefficient (Wildman–Crippen LogP) is -0.0409. The second kappa shape index (κ2) is 3.79. The number of rotatable bonds is 2. The zero-order valence-corrected chi connectivity index (χ0v) is 8.01. The summed E-state index contributed by atoms with van der Waals surface area (Å²) < 4.78 is 6.68. The van der Waals surface area contributed by atoms with E-state index in [1.165, 1.54) is 7.11 Å². The van der Waals surface area contributed by atoms with E-state index in [0.717, 1.165) is 13.0 Å². The molecule has 0 amide bonds. The van der Waals surface area contributed by atoms with Crippen LogP contribution in [-0.4, -0.2) is 35.2 Å². The molecule has 1 aliphatic heterocycles. The molecule has 2 heterocycles. The number of hydrogen-bond acceptors (Lipinski definition) is 4. The summed E-state index contributed by atoms with van der Waals surface area (Å²) >= 11 is 0. The Bertz CT molecular complexity index is 310. The number of esters is 1. The third kappa shape index (κ3) is 1.63. The van der Waals surface area contributed by atoms with Crippen molar-refractivity contribution in [2.45, 2.75) is 18.5 Å². The molecule has 0 aliphatic carbocycles. The van der Waals surface area contributed by atoms with Gasteiger partial charge in [-0.25, -0.2) is 4.98 Å². The molecule has 0 radical (unpaired) electrons. The summed E-state index contributed by atoms with van der Waals surface area (Å²) in [6.07, 6.45) is 6.19. The maximum atomic E-state index is 11.2. The summed E-state index contributed by atoms with van der Waals surface area (Å²) in [5.74, 6) is -0.187. The van der Waals surface area contributed by atoms with E-state index < -0.39 is 0 Å². The van der Waals surface area contributed by atoms with Gasteiger partial charge in [-0.3, -0.25) is 4.79 Å². The molecule has 14 heavy (non-hydrogen) atoms. The van der Waals surface area contributed by atoms with Crippen molar-refractivity contribution in [3.8, 4) is 0 Å². The quantitative estimate of drug-likeness (QED) is 0.673. The Balaban J connectivity index is 1.98. The van der Waals surface area contributed by atoms with Crippen LogP contribution in [0.4, 0.5) is 0 Å². The number of methoxy groups -OCH3 is 1. The lowest BCUT2D eigenvalue weighted by molar-refractivity contribution is -0.142. The van der Waals surface area contributed by atoms with Gasteiger partial charge < -0.3 is 14.6 Å². The average Bonchev–Trinajstić information content (AvgIpc) is 2.86. The van der Waals surface area contributed by atoms with Crippen LogP contribution in [0.1, 0.15) is 12.5 Å². The van der Waals surface area contributed by atoms with E-state index in [1.807, 2.05) is 10.8 Å². The summed E-state index contributed by atoms with van der Waals surface area (Å²) in [6.45, 7) is 0.788. The molecule has 1 fully saturated rings. The van der Waals surface area contributed by atoms with Gasteiger partial charge in [0.2, 0.25) is 0 Å². The van der Waals surface area contributed by atoms with Gasteiger partial charge in [-0.15, -0.1) is 0 Å². The molecule has 0 spiro atoms. The number of imidazole rings is 1. The molecule has 1 saturated heterocycles. The Morgan fingerprint density at radius 2 is 2.57 bits per heavy atom. The molecular formula is C9H13N3O2. The number of aromatic nitrogens is 2. The third-order valence-electron chi connectivity index (χ3n) is 2.54. The van der Waals surface area contributed by atoms with E-state index in [4.69, 9.17) is 0 Å². The maximum Gasteiger partial charge on any atom is 0.322 e. The molecule has 5 heteroatoms. The third-order valence-corrected chi connectivity index (χ3v) is 2.54. The molecule has 0 aromatic carbocycles. The zero-order chi connectivity index (χ0) is 9.97. The molecule has 1 N–H and O–H groups in total. The fraction of sp³-hybridized carbons (Fsp3) is 0.556. The van der Waals surface area contributed by atoms with E-state index in [-0.39, 0.29) is 12.0 Å². The Hall–Kier alpha value is -1.36. The van der Waals surface area contributed by atoms with Gasteiger partial charge in [0.05, 0.1) is 13.4 Å². The van der Waals surface area contributed by atoms with Crippen molar-refractivity contribution in [2.75, 3.05) is 13.7 Å². The molecule has 0 saturated carbocycles. The first kappa shape index (κ1) is 9.21. The van der Waals surface area contributed by atoms with Gasteiger partial charge in [0.15, 0.2) is 0 Å². The maximum absolute atomic E-state index is 11.2. The van der Waals surface area contributed by atoms with Crippen molar-refractivity contribution in [1.29, 1.82) is 0 Å². The molecule has 1 aliphatic rings. The van der Waals surface area contributed by atoms with E-state index in [0.29, 0.717) is 6.04 Å². The molecule has 2 rings (SSSR count). The topological polar surface area (TPSA) is 56.2 Å². The van der Waals surface area contributed by atoms with Gasteiger partial charge in [0.25, 0.3) is 0 Å². The smallest absolute Gasteiger partial charge is 0.322 e. The van der Waals surface area contributed by atoms with E-state index in [1.54, 1.807) is 12.5 Å². The highest BCUT2D eigenvalue weighted by atomic mass is 16.5. The highest BCUT2D eigenvalue weighted by Gasteiger charge is 2.30. The summed E-state index contributed by atoms with van der Waals surface area (Å²) in [5.41, 5.74) is 0. The number of carbonyl (C=O) groups excluding carboxylic acids is 1. The van der Waals surface area contributed by atoms with E-state index >= 15 is 0 Å². The first-order valence-electron chi connectivity index (χ1n) is 4.60. The highest BCUT2D eigenvalue weighted by molar-refractivity contribution is 5.76. The molecule has 0 bridgehead atoms. The largest absolute Gasteiger partial charge is 0.468 e. The first-order valence-corrected chi connectivity index (χ1v) is 4.60. The zero-order valence-electron chi connectivity index (χ0n) is 8.01. The molecule has 76 valence electrons. The van der Waals surface area contributed by atoms with Crippen LogP contribution in [0.25, 0.3) is 0 Å². The van der Waals surface area contributed by atoms with Crippen LogP contribution in [0, 0.1) is 0 Å².